The Morgan fingerprint density at radius 2 is 1.93 bits per heavy atom. The molecule has 10 heteroatoms. The highest BCUT2D eigenvalue weighted by Crippen LogP contribution is 2.31. The van der Waals surface area contributed by atoms with E-state index in [1.807, 2.05) is 23.6 Å². The van der Waals surface area contributed by atoms with Gasteiger partial charge in [-0.25, -0.2) is 4.98 Å². The van der Waals surface area contributed by atoms with Crippen molar-refractivity contribution in [2.75, 3.05) is 0 Å². The summed E-state index contributed by atoms with van der Waals surface area (Å²) in [4.78, 5) is 9.32. The predicted octanol–water partition coefficient (Wildman–Crippen LogP) is 5.52. The van der Waals surface area contributed by atoms with Crippen molar-refractivity contribution in [1.29, 1.82) is 0 Å². The molecular weight excluding hydrogens is 409 g/mol. The molecule has 3 heterocycles. The van der Waals surface area contributed by atoms with Gasteiger partial charge in [0, 0.05) is 0 Å². The highest BCUT2D eigenvalue weighted by atomic mass is 32.2. The first kappa shape index (κ1) is 18.8. The highest BCUT2D eigenvalue weighted by molar-refractivity contribution is 7.98. The third kappa shape index (κ3) is 4.28. The molecule has 5 nitrogen and oxygen atoms in total. The lowest BCUT2D eigenvalue weighted by Crippen LogP contribution is -2.19. The molecule has 0 aliphatic heterocycles. The zero-order valence-electron chi connectivity index (χ0n) is 14.3. The van der Waals surface area contributed by atoms with Gasteiger partial charge in [-0.15, -0.1) is 11.3 Å². The Morgan fingerprint density at radius 3 is 2.64 bits per heavy atom. The zero-order valence-corrected chi connectivity index (χ0v) is 15.9. The number of aromatic nitrogens is 4. The van der Waals surface area contributed by atoms with Gasteiger partial charge in [0.2, 0.25) is 0 Å². The van der Waals surface area contributed by atoms with Crippen LogP contribution in [0, 0.1) is 0 Å². The van der Waals surface area contributed by atoms with Gasteiger partial charge in [-0.05, 0) is 17.0 Å². The van der Waals surface area contributed by atoms with Crippen molar-refractivity contribution in [2.24, 2.45) is 0 Å². The van der Waals surface area contributed by atoms with E-state index in [1.54, 1.807) is 24.3 Å². The number of hydrogen-bond donors (Lipinski definition) is 0. The minimum absolute atomic E-state index is 0.248. The lowest BCUT2D eigenvalue weighted by atomic mass is 10.2. The van der Waals surface area contributed by atoms with E-state index in [2.05, 4.69) is 15.1 Å². The molecule has 0 fully saturated rings. The summed E-state index contributed by atoms with van der Waals surface area (Å²) in [5.74, 6) is 1.04. The second-order valence-electron chi connectivity index (χ2n) is 5.78. The molecule has 1 aromatic carbocycles. The van der Waals surface area contributed by atoms with Crippen LogP contribution >= 0.6 is 23.1 Å². The molecule has 0 amide bonds. The van der Waals surface area contributed by atoms with Crippen LogP contribution < -0.4 is 0 Å². The number of thiophene rings is 1. The predicted molar refractivity (Wildman–Crippen MR) is 101 cm³/mol. The van der Waals surface area contributed by atoms with Crippen LogP contribution in [-0.4, -0.2) is 25.9 Å². The van der Waals surface area contributed by atoms with E-state index in [-0.39, 0.29) is 10.9 Å². The fraction of sp³-hybridized carbons (Fsp3) is 0.167. The third-order valence-corrected chi connectivity index (χ3v) is 5.60. The zero-order chi connectivity index (χ0) is 19.6. The molecule has 0 atom stereocenters. The molecule has 0 saturated carbocycles. The van der Waals surface area contributed by atoms with Crippen LogP contribution in [0.2, 0.25) is 0 Å². The van der Waals surface area contributed by atoms with Crippen LogP contribution in [-0.2, 0) is 12.3 Å². The highest BCUT2D eigenvalue weighted by Gasteiger charge is 2.31. The maximum Gasteiger partial charge on any atom is 0.406 e. The number of nitrogens with zero attached hydrogens (tertiary/aromatic N) is 4. The molecule has 0 unspecified atom stereocenters. The Balaban J connectivity index is 1.56. The van der Waals surface area contributed by atoms with Crippen molar-refractivity contribution in [3.05, 3.63) is 59.9 Å². The van der Waals surface area contributed by atoms with Crippen LogP contribution in [0.4, 0.5) is 13.2 Å². The summed E-state index contributed by atoms with van der Waals surface area (Å²) < 4.78 is 45.7. The van der Waals surface area contributed by atoms with Gasteiger partial charge in [0.1, 0.15) is 6.54 Å². The molecule has 0 N–H and O–H groups in total. The maximum atomic E-state index is 13.1. The van der Waals surface area contributed by atoms with Crippen LogP contribution in [0.3, 0.4) is 0 Å². The number of imidazole rings is 1. The normalized spacial score (nSPS) is 11.8. The molecule has 0 saturated heterocycles. The van der Waals surface area contributed by atoms with Gasteiger partial charge in [-0.3, -0.25) is 0 Å². The van der Waals surface area contributed by atoms with Crippen LogP contribution in [0.25, 0.3) is 22.0 Å². The first-order valence-corrected chi connectivity index (χ1v) is 10.0. The van der Waals surface area contributed by atoms with Crippen molar-refractivity contribution >= 4 is 23.1 Å². The lowest BCUT2D eigenvalue weighted by molar-refractivity contribution is -0.141. The molecule has 144 valence electrons. The summed E-state index contributed by atoms with van der Waals surface area (Å²) in [5, 5.41) is 6.04. The second kappa shape index (κ2) is 7.80. The number of rotatable bonds is 6. The van der Waals surface area contributed by atoms with Gasteiger partial charge in [0.15, 0.2) is 11.0 Å². The quantitative estimate of drug-likeness (QED) is 0.383. The number of benzene rings is 1. The van der Waals surface area contributed by atoms with Crippen LogP contribution in [0.5, 0.6) is 0 Å². The first-order chi connectivity index (χ1) is 13.5. The average Bonchev–Trinajstić information content (AvgIpc) is 3.40. The van der Waals surface area contributed by atoms with E-state index in [9.17, 15) is 13.2 Å². The standard InChI is InChI=1S/C18H13F3N4OS2/c19-18(20,21)11-25-13(12-5-2-1-3-6-12)9-22-17(25)28-10-15-23-16(26-24-15)14-7-4-8-27-14/h1-9H,10-11H2. The van der Waals surface area contributed by atoms with Crippen LogP contribution in [0.1, 0.15) is 5.82 Å². The number of hydrogen-bond acceptors (Lipinski definition) is 6. The van der Waals surface area contributed by atoms with Crippen molar-refractivity contribution in [3.63, 3.8) is 0 Å². The summed E-state index contributed by atoms with van der Waals surface area (Å²) >= 11 is 2.61. The Hall–Kier alpha value is -2.59. The van der Waals surface area contributed by atoms with Gasteiger partial charge in [-0.1, -0.05) is 53.3 Å². The number of alkyl halides is 3. The minimum Gasteiger partial charge on any atom is -0.333 e. The van der Waals surface area contributed by atoms with Crippen LogP contribution in [0.15, 0.2) is 63.7 Å². The largest absolute Gasteiger partial charge is 0.406 e. The third-order valence-electron chi connectivity index (χ3n) is 3.76. The van der Waals surface area contributed by atoms with E-state index >= 15 is 0 Å². The van der Waals surface area contributed by atoms with E-state index in [1.165, 1.54) is 22.1 Å². The van der Waals surface area contributed by atoms with E-state index in [0.717, 1.165) is 16.6 Å². The molecule has 0 radical (unpaired) electrons. The summed E-state index contributed by atoms with van der Waals surface area (Å²) in [6, 6.07) is 12.6. The minimum atomic E-state index is -4.36. The molecule has 4 rings (SSSR count). The Labute approximate surface area is 166 Å². The average molecular weight is 422 g/mol. The van der Waals surface area contributed by atoms with Crippen molar-refractivity contribution in [1.82, 2.24) is 19.7 Å². The van der Waals surface area contributed by atoms with Crippen molar-refractivity contribution in [2.45, 2.75) is 23.6 Å². The van der Waals surface area contributed by atoms with Gasteiger partial charge >= 0.3 is 6.18 Å². The van der Waals surface area contributed by atoms with E-state index in [4.69, 9.17) is 4.52 Å². The number of thioether (sulfide) groups is 1. The van der Waals surface area contributed by atoms with E-state index < -0.39 is 12.7 Å². The maximum absolute atomic E-state index is 13.1. The summed E-state index contributed by atoms with van der Waals surface area (Å²) in [7, 11) is 0. The fourth-order valence-electron chi connectivity index (χ4n) is 2.59. The summed E-state index contributed by atoms with van der Waals surface area (Å²) in [6.45, 7) is -1.12. The molecule has 0 aliphatic rings. The van der Waals surface area contributed by atoms with Gasteiger partial charge in [0.05, 0.1) is 22.5 Å². The molecule has 0 bridgehead atoms. The monoisotopic (exact) mass is 422 g/mol. The smallest absolute Gasteiger partial charge is 0.333 e. The lowest BCUT2D eigenvalue weighted by Gasteiger charge is -2.13. The topological polar surface area (TPSA) is 56.7 Å². The summed E-state index contributed by atoms with van der Waals surface area (Å²) in [6.07, 6.45) is -2.91. The Morgan fingerprint density at radius 1 is 1.11 bits per heavy atom. The van der Waals surface area contributed by atoms with Gasteiger partial charge in [-0.2, -0.15) is 18.2 Å². The molecular formula is C18H13F3N4OS2. The SMILES string of the molecule is FC(F)(F)Cn1c(-c2ccccc2)cnc1SCc1noc(-c2cccs2)n1. The number of halogens is 3. The molecule has 0 aliphatic carbocycles. The molecule has 28 heavy (non-hydrogen) atoms. The van der Waals surface area contributed by atoms with Gasteiger partial charge in [0.25, 0.3) is 5.89 Å². The summed E-state index contributed by atoms with van der Waals surface area (Å²) in [5.41, 5.74) is 1.08. The second-order valence-corrected chi connectivity index (χ2v) is 7.67. The van der Waals surface area contributed by atoms with E-state index in [0.29, 0.717) is 23.0 Å². The fourth-order valence-corrected chi connectivity index (χ4v) is 4.05. The molecule has 4 aromatic rings. The van der Waals surface area contributed by atoms with Gasteiger partial charge < -0.3 is 9.09 Å². The first-order valence-electron chi connectivity index (χ1n) is 8.16. The Kier molecular flexibility index (Phi) is 5.23. The molecule has 3 aromatic heterocycles. The van der Waals surface area contributed by atoms with Crippen molar-refractivity contribution < 1.29 is 17.7 Å². The molecule has 0 spiro atoms. The van der Waals surface area contributed by atoms with Crippen molar-refractivity contribution in [3.8, 4) is 22.0 Å². The Bertz CT molecular complexity index is 1040.